The van der Waals surface area contributed by atoms with Crippen LogP contribution in [0.15, 0.2) is 18.5 Å². The van der Waals surface area contributed by atoms with Crippen LogP contribution in [0.4, 0.5) is 13.2 Å². The molecule has 15 heavy (non-hydrogen) atoms. The van der Waals surface area contributed by atoms with Crippen molar-refractivity contribution in [3.8, 4) is 5.75 Å². The maximum absolute atomic E-state index is 11.9. The second-order valence-corrected chi connectivity index (χ2v) is 2.94. The van der Waals surface area contributed by atoms with Crippen molar-refractivity contribution in [2.45, 2.75) is 13.1 Å². The largest absolute Gasteiger partial charge is 0.483 e. The van der Waals surface area contributed by atoms with Crippen LogP contribution in [0.3, 0.4) is 0 Å². The van der Waals surface area contributed by atoms with E-state index < -0.39 is 12.8 Å². The van der Waals surface area contributed by atoms with E-state index in [2.05, 4.69) is 4.74 Å². The molecule has 0 aromatic carbocycles. The van der Waals surface area contributed by atoms with Gasteiger partial charge < -0.3 is 4.74 Å². The predicted octanol–water partition coefficient (Wildman–Crippen LogP) is 1.28. The number of aryl methyl sites for hydroxylation is 1. The van der Waals surface area contributed by atoms with Gasteiger partial charge in [0.05, 0.1) is 5.56 Å². The van der Waals surface area contributed by atoms with E-state index in [-0.39, 0.29) is 5.75 Å². The minimum absolute atomic E-state index is 0.195. The molecular formula is C9H11F3NO2+. The number of pyridine rings is 1. The molecule has 0 amide bonds. The third-order valence-electron chi connectivity index (χ3n) is 1.68. The van der Waals surface area contributed by atoms with Crippen molar-refractivity contribution in [1.82, 2.24) is 0 Å². The number of alkyl halides is 3. The molecule has 3 nitrogen and oxygen atoms in total. The average molecular weight is 222 g/mol. The molecule has 1 rings (SSSR count). The maximum atomic E-state index is 11.9. The highest BCUT2D eigenvalue weighted by Gasteiger charge is 2.28. The zero-order chi connectivity index (χ0) is 11.5. The molecule has 1 aromatic rings. The molecule has 0 unspecified atom stereocenters. The van der Waals surface area contributed by atoms with Crippen LogP contribution in [0.5, 0.6) is 5.75 Å². The van der Waals surface area contributed by atoms with Gasteiger partial charge in [-0.1, -0.05) is 0 Å². The van der Waals surface area contributed by atoms with Gasteiger partial charge in [-0.15, -0.1) is 0 Å². The van der Waals surface area contributed by atoms with Crippen LogP contribution in [0.1, 0.15) is 5.56 Å². The Morgan fingerprint density at radius 1 is 1.40 bits per heavy atom. The smallest absolute Gasteiger partial charge is 0.422 e. The molecule has 1 heterocycles. The highest BCUT2D eigenvalue weighted by atomic mass is 19.4. The molecular weight excluding hydrogens is 211 g/mol. The third kappa shape index (κ3) is 3.65. The fourth-order valence-corrected chi connectivity index (χ4v) is 1.01. The van der Waals surface area contributed by atoms with E-state index in [0.717, 1.165) is 0 Å². The van der Waals surface area contributed by atoms with Crippen molar-refractivity contribution in [3.05, 3.63) is 24.0 Å². The fourth-order valence-electron chi connectivity index (χ4n) is 1.01. The molecule has 0 bridgehead atoms. The minimum atomic E-state index is -4.32. The Bertz CT molecular complexity index is 339. The second kappa shape index (κ2) is 4.37. The molecule has 1 aromatic heterocycles. The molecule has 0 saturated carbocycles. The fraction of sp³-hybridized carbons (Fsp3) is 0.444. The summed E-state index contributed by atoms with van der Waals surface area (Å²) in [5.74, 6) is 0.195. The molecule has 0 aliphatic rings. The zero-order valence-corrected chi connectivity index (χ0v) is 8.34. The Morgan fingerprint density at radius 2 is 2.07 bits per heavy atom. The van der Waals surface area contributed by atoms with Crippen molar-refractivity contribution in [2.75, 3.05) is 13.7 Å². The van der Waals surface area contributed by atoms with Crippen LogP contribution in [0.2, 0.25) is 0 Å². The second-order valence-electron chi connectivity index (χ2n) is 2.94. The summed E-state index contributed by atoms with van der Waals surface area (Å²) in [7, 11) is 1.45. The first-order valence-corrected chi connectivity index (χ1v) is 4.18. The summed E-state index contributed by atoms with van der Waals surface area (Å²) < 4.78 is 41.6. The molecule has 6 heteroatoms. The Hall–Kier alpha value is -1.46. The minimum Gasteiger partial charge on any atom is -0.483 e. The van der Waals surface area contributed by atoms with Crippen molar-refractivity contribution < 1.29 is 27.5 Å². The molecule has 84 valence electrons. The van der Waals surface area contributed by atoms with Crippen LogP contribution in [0, 0.1) is 6.92 Å². The van der Waals surface area contributed by atoms with Gasteiger partial charge in [0.1, 0.15) is 12.9 Å². The lowest BCUT2D eigenvalue weighted by Crippen LogP contribution is -2.39. The van der Waals surface area contributed by atoms with Crippen molar-refractivity contribution in [3.63, 3.8) is 0 Å². The standard InChI is InChI=1S/C9H11F3NO2/c1-7-5-13(14-2)4-3-8(7)15-6-9(10,11)12/h3-5H,6H2,1-2H3/q+1. The number of aromatic nitrogens is 1. The lowest BCUT2D eigenvalue weighted by Gasteiger charge is -2.09. The van der Waals surface area contributed by atoms with Crippen LogP contribution in [0.25, 0.3) is 0 Å². The average Bonchev–Trinajstić information content (AvgIpc) is 2.14. The Balaban J connectivity index is 2.70. The molecule has 0 aliphatic heterocycles. The molecule has 0 radical (unpaired) electrons. The third-order valence-corrected chi connectivity index (χ3v) is 1.68. The summed E-state index contributed by atoms with van der Waals surface area (Å²) in [6.07, 6.45) is -1.32. The number of hydrogen-bond donors (Lipinski definition) is 0. The van der Waals surface area contributed by atoms with Gasteiger partial charge in [-0.25, -0.2) is 0 Å². The SMILES string of the molecule is CO[n+]1ccc(OCC(F)(F)F)c(C)c1. The van der Waals surface area contributed by atoms with Crippen LogP contribution in [-0.2, 0) is 0 Å². The van der Waals surface area contributed by atoms with Crippen molar-refractivity contribution in [1.29, 1.82) is 0 Å². The molecule has 0 fully saturated rings. The summed E-state index contributed by atoms with van der Waals surface area (Å²) in [5, 5.41) is 0. The van der Waals surface area contributed by atoms with Gasteiger partial charge in [-0.05, 0) is 6.92 Å². The summed E-state index contributed by atoms with van der Waals surface area (Å²) in [4.78, 5) is 4.83. The van der Waals surface area contributed by atoms with E-state index in [4.69, 9.17) is 4.84 Å². The molecule has 0 spiro atoms. The van der Waals surface area contributed by atoms with E-state index in [0.29, 0.717) is 5.56 Å². The molecule has 0 N–H and O–H groups in total. The predicted molar refractivity (Wildman–Crippen MR) is 45.4 cm³/mol. The Labute approximate surface area is 85.0 Å². The first-order valence-electron chi connectivity index (χ1n) is 4.18. The number of nitrogens with zero attached hydrogens (tertiary/aromatic N) is 1. The van der Waals surface area contributed by atoms with Gasteiger partial charge in [-0.2, -0.15) is 13.2 Å². The first-order chi connectivity index (χ1) is 6.92. The van der Waals surface area contributed by atoms with Crippen LogP contribution in [-0.4, -0.2) is 19.9 Å². The van der Waals surface area contributed by atoms with Crippen LogP contribution >= 0.6 is 0 Å². The number of halogens is 3. The van der Waals surface area contributed by atoms with Gasteiger partial charge in [0.2, 0.25) is 12.4 Å². The summed E-state index contributed by atoms with van der Waals surface area (Å²) >= 11 is 0. The lowest BCUT2D eigenvalue weighted by molar-refractivity contribution is -0.885. The van der Waals surface area contributed by atoms with Crippen LogP contribution < -0.4 is 14.3 Å². The highest BCUT2D eigenvalue weighted by Crippen LogP contribution is 2.19. The topological polar surface area (TPSA) is 22.3 Å². The van der Waals surface area contributed by atoms with Gasteiger partial charge in [0.15, 0.2) is 6.61 Å². The number of rotatable bonds is 3. The van der Waals surface area contributed by atoms with E-state index in [9.17, 15) is 13.2 Å². The number of hydrogen-bond acceptors (Lipinski definition) is 2. The Morgan fingerprint density at radius 3 is 2.53 bits per heavy atom. The summed E-state index contributed by atoms with van der Waals surface area (Å²) in [6.45, 7) is 0.353. The van der Waals surface area contributed by atoms with Crippen molar-refractivity contribution in [2.24, 2.45) is 0 Å². The maximum Gasteiger partial charge on any atom is 0.422 e. The van der Waals surface area contributed by atoms with Crippen molar-refractivity contribution >= 4 is 0 Å². The van der Waals surface area contributed by atoms with Gasteiger partial charge >= 0.3 is 6.18 Å². The van der Waals surface area contributed by atoms with E-state index in [1.807, 2.05) is 0 Å². The van der Waals surface area contributed by atoms with Gasteiger partial charge in [0, 0.05) is 10.8 Å². The lowest BCUT2D eigenvalue weighted by atomic mass is 10.3. The molecule has 0 atom stereocenters. The monoisotopic (exact) mass is 222 g/mol. The molecule has 0 aliphatic carbocycles. The highest BCUT2D eigenvalue weighted by molar-refractivity contribution is 5.26. The van der Waals surface area contributed by atoms with E-state index in [1.54, 1.807) is 6.92 Å². The number of ether oxygens (including phenoxy) is 1. The first kappa shape index (κ1) is 11.6. The summed E-state index contributed by atoms with van der Waals surface area (Å²) in [6, 6.07) is 1.42. The van der Waals surface area contributed by atoms with E-state index in [1.165, 1.54) is 30.3 Å². The Kier molecular flexibility index (Phi) is 3.39. The zero-order valence-electron chi connectivity index (χ0n) is 8.34. The van der Waals surface area contributed by atoms with E-state index >= 15 is 0 Å². The van der Waals surface area contributed by atoms with Gasteiger partial charge in [-0.3, -0.25) is 4.84 Å². The normalized spacial score (nSPS) is 11.3. The summed E-state index contributed by atoms with van der Waals surface area (Å²) in [5.41, 5.74) is 0.573. The van der Waals surface area contributed by atoms with Gasteiger partial charge in [0.25, 0.3) is 0 Å². The quantitative estimate of drug-likeness (QED) is 0.719. The molecule has 0 saturated heterocycles.